The lowest BCUT2D eigenvalue weighted by molar-refractivity contribution is 0.0998. The highest BCUT2D eigenvalue weighted by molar-refractivity contribution is 7.91. The first-order valence-corrected chi connectivity index (χ1v) is 20.8. The molecule has 0 fully saturated rings. The molecule has 0 radical (unpaired) electrons. The topological polar surface area (TPSA) is 217 Å². The molecule has 61 heavy (non-hydrogen) atoms. The Hall–Kier alpha value is -7.07. The maximum Gasteiger partial charge on any atom is 0.255 e. The van der Waals surface area contributed by atoms with Gasteiger partial charge < -0.3 is 41.2 Å². The molecule has 0 aliphatic carbocycles. The Balaban J connectivity index is 1.01. The number of pyridine rings is 2. The van der Waals surface area contributed by atoms with E-state index in [0.29, 0.717) is 57.6 Å². The number of carbonyl (C=O) groups is 2. The standard InChI is InChI=1S/C46H44N6O8S/c1-27-21-34(24-37-42(27)48-25-38(45(47)56)43(37)49-31-9-5-10-32(23-31)60-3)61(58,59)33-11-4-8-29(22-33)46(57)50-30-14-12-28(13-15-30)7-6-20-52(2)26-40(54)35-16-18-39(53)44-36(35)17-19-41(55)51-44/h4-5,8-19,21-25,40,53-54H,6-7,20,26H2,1-3H3,(H2,47,56)(H,48,49)(H,50,57)(H,51,55)/t40-/m0/s1. The first-order valence-electron chi connectivity index (χ1n) is 19.3. The van der Waals surface area contributed by atoms with Crippen LogP contribution in [0.4, 0.5) is 17.1 Å². The van der Waals surface area contributed by atoms with E-state index in [4.69, 9.17) is 10.5 Å². The number of ether oxygens (including phenoxy) is 1. The summed E-state index contributed by atoms with van der Waals surface area (Å²) in [5.41, 5.74) is 9.94. The molecule has 0 spiro atoms. The van der Waals surface area contributed by atoms with Crippen molar-refractivity contribution in [2.75, 3.05) is 37.9 Å². The highest BCUT2D eigenvalue weighted by Crippen LogP contribution is 2.35. The Bertz CT molecular complexity index is 2970. The number of nitrogens with two attached hydrogens (primary N) is 1. The zero-order valence-electron chi connectivity index (χ0n) is 33.6. The van der Waals surface area contributed by atoms with Gasteiger partial charge >= 0.3 is 0 Å². The highest BCUT2D eigenvalue weighted by atomic mass is 32.2. The SMILES string of the molecule is COc1cccc(Nc2c(C(N)=O)cnc3c(C)cc(S(=O)(=O)c4cccc(C(=O)Nc5ccc(CCCN(C)C[C@H](O)c6ccc(O)c7[nH]c(=O)ccc67)cc5)c4)cc23)c1. The van der Waals surface area contributed by atoms with Crippen molar-refractivity contribution >= 4 is 60.5 Å². The number of aromatic amines is 1. The van der Waals surface area contributed by atoms with E-state index in [1.807, 2.05) is 24.1 Å². The predicted octanol–water partition coefficient (Wildman–Crippen LogP) is 6.62. The summed E-state index contributed by atoms with van der Waals surface area (Å²) in [6.45, 7) is 2.75. The number of carbonyl (C=O) groups excluding carboxylic acids is 2. The Morgan fingerprint density at radius 1 is 0.918 bits per heavy atom. The van der Waals surface area contributed by atoms with Crippen molar-refractivity contribution in [1.82, 2.24) is 14.9 Å². The Labute approximate surface area is 351 Å². The van der Waals surface area contributed by atoms with Gasteiger partial charge in [-0.2, -0.15) is 0 Å². The van der Waals surface area contributed by atoms with Crippen molar-refractivity contribution < 1.29 is 33.0 Å². The van der Waals surface area contributed by atoms with E-state index in [1.165, 1.54) is 61.8 Å². The number of primary amides is 1. The molecule has 5 aromatic carbocycles. The molecule has 1 atom stereocenters. The van der Waals surface area contributed by atoms with Crippen molar-refractivity contribution in [1.29, 1.82) is 0 Å². The molecule has 2 heterocycles. The predicted molar refractivity (Wildman–Crippen MR) is 235 cm³/mol. The number of aromatic hydroxyl groups is 1. The van der Waals surface area contributed by atoms with Crippen LogP contribution in [-0.4, -0.2) is 72.6 Å². The van der Waals surface area contributed by atoms with Gasteiger partial charge in [0, 0.05) is 52.6 Å². The number of hydrogen-bond donors (Lipinski definition) is 6. The molecule has 7 rings (SSSR count). The van der Waals surface area contributed by atoms with E-state index in [0.717, 1.165) is 18.4 Å². The third-order valence-electron chi connectivity index (χ3n) is 10.4. The first kappa shape index (κ1) is 42.1. The number of nitrogens with zero attached hydrogens (tertiary/aromatic N) is 2. The average Bonchev–Trinajstić information content (AvgIpc) is 3.24. The lowest BCUT2D eigenvalue weighted by Crippen LogP contribution is -2.26. The molecule has 15 heteroatoms. The van der Waals surface area contributed by atoms with E-state index >= 15 is 0 Å². The van der Waals surface area contributed by atoms with Crippen molar-refractivity contribution in [2.24, 2.45) is 5.73 Å². The van der Waals surface area contributed by atoms with E-state index < -0.39 is 27.8 Å². The minimum absolute atomic E-state index is 0.0604. The number of amides is 2. The number of benzene rings is 5. The van der Waals surface area contributed by atoms with E-state index in [1.54, 1.807) is 55.5 Å². The molecule has 2 amide bonds. The fourth-order valence-corrected chi connectivity index (χ4v) is 8.67. The largest absolute Gasteiger partial charge is 0.506 e. The number of phenols is 1. The van der Waals surface area contributed by atoms with Gasteiger partial charge in [-0.25, -0.2) is 8.42 Å². The molecule has 0 bridgehead atoms. The van der Waals surface area contributed by atoms with Crippen LogP contribution < -0.4 is 26.7 Å². The molecular weight excluding hydrogens is 797 g/mol. The minimum atomic E-state index is -4.18. The number of hydrogen-bond acceptors (Lipinski definition) is 11. The lowest BCUT2D eigenvalue weighted by atomic mass is 10.0. The van der Waals surface area contributed by atoms with Gasteiger partial charge in [-0.3, -0.25) is 19.4 Å². The van der Waals surface area contributed by atoms with Gasteiger partial charge in [0.25, 0.3) is 11.8 Å². The first-order chi connectivity index (χ1) is 29.2. The van der Waals surface area contributed by atoms with Gasteiger partial charge in [0.2, 0.25) is 15.4 Å². The van der Waals surface area contributed by atoms with Crippen LogP contribution in [0, 0.1) is 6.92 Å². The fourth-order valence-electron chi connectivity index (χ4n) is 7.25. The summed E-state index contributed by atoms with van der Waals surface area (Å²) >= 11 is 0. The quantitative estimate of drug-likeness (QED) is 0.0645. The number of aryl methyl sites for hydroxylation is 2. The monoisotopic (exact) mass is 840 g/mol. The third kappa shape index (κ3) is 9.23. The van der Waals surface area contributed by atoms with Crippen LogP contribution in [0.15, 0.2) is 130 Å². The van der Waals surface area contributed by atoms with Gasteiger partial charge in [-0.05, 0) is 117 Å². The molecule has 0 aliphatic heterocycles. The van der Waals surface area contributed by atoms with Gasteiger partial charge in [0.1, 0.15) is 11.5 Å². The Morgan fingerprint density at radius 3 is 2.44 bits per heavy atom. The molecule has 312 valence electrons. The number of aliphatic hydroxyl groups is 1. The average molecular weight is 841 g/mol. The van der Waals surface area contributed by atoms with Crippen LogP contribution in [-0.2, 0) is 16.3 Å². The number of fused-ring (bicyclic) bond motifs is 2. The molecule has 0 saturated carbocycles. The second kappa shape index (κ2) is 17.6. The number of aliphatic hydroxyl groups excluding tert-OH is 1. The number of H-pyrrole nitrogens is 1. The van der Waals surface area contributed by atoms with Crippen LogP contribution in [0.5, 0.6) is 11.5 Å². The van der Waals surface area contributed by atoms with Crippen molar-refractivity contribution in [2.45, 2.75) is 35.7 Å². The van der Waals surface area contributed by atoms with Gasteiger partial charge in [-0.15, -0.1) is 0 Å². The summed E-state index contributed by atoms with van der Waals surface area (Å²) in [6.07, 6.45) is 2.04. The maximum absolute atomic E-state index is 14.2. The number of phenolic OH excluding ortho intramolecular Hbond substituents is 1. The molecule has 0 saturated heterocycles. The van der Waals surface area contributed by atoms with E-state index in [2.05, 4.69) is 20.6 Å². The second-order valence-electron chi connectivity index (χ2n) is 14.8. The zero-order chi connectivity index (χ0) is 43.4. The zero-order valence-corrected chi connectivity index (χ0v) is 34.4. The number of aromatic nitrogens is 2. The summed E-state index contributed by atoms with van der Waals surface area (Å²) < 4.78 is 33.7. The maximum atomic E-state index is 14.2. The highest BCUT2D eigenvalue weighted by Gasteiger charge is 2.24. The van der Waals surface area contributed by atoms with Crippen molar-refractivity contribution in [3.05, 3.63) is 154 Å². The normalized spacial score (nSPS) is 12.1. The van der Waals surface area contributed by atoms with E-state index in [-0.39, 0.29) is 43.4 Å². The number of nitrogens with one attached hydrogen (secondary N) is 3. The van der Waals surface area contributed by atoms with Crippen LogP contribution in [0.25, 0.3) is 21.8 Å². The number of rotatable bonds is 15. The fraction of sp³-hybridized carbons (Fsp3) is 0.174. The number of sulfone groups is 1. The van der Waals surface area contributed by atoms with Crippen LogP contribution in [0.1, 0.15) is 49.9 Å². The smallest absolute Gasteiger partial charge is 0.255 e. The van der Waals surface area contributed by atoms with Crippen LogP contribution in [0.3, 0.4) is 0 Å². The summed E-state index contributed by atoms with van der Waals surface area (Å²) in [6, 6.07) is 29.2. The van der Waals surface area contributed by atoms with E-state index in [9.17, 15) is 33.0 Å². The Morgan fingerprint density at radius 2 is 1.69 bits per heavy atom. The number of likely N-dealkylation sites (N-methyl/N-ethyl adjacent to an activating group) is 1. The number of anilines is 3. The summed E-state index contributed by atoms with van der Waals surface area (Å²) in [4.78, 5) is 46.6. The van der Waals surface area contributed by atoms with Crippen molar-refractivity contribution in [3.63, 3.8) is 0 Å². The van der Waals surface area contributed by atoms with Gasteiger partial charge in [-0.1, -0.05) is 30.3 Å². The second-order valence-corrected chi connectivity index (χ2v) is 16.7. The molecule has 7 aromatic rings. The number of methoxy groups -OCH3 is 1. The summed E-state index contributed by atoms with van der Waals surface area (Å²) in [5, 5.41) is 28.2. The summed E-state index contributed by atoms with van der Waals surface area (Å²) in [5.74, 6) is -0.738. The van der Waals surface area contributed by atoms with Gasteiger partial charge in [0.15, 0.2) is 0 Å². The van der Waals surface area contributed by atoms with Crippen LogP contribution >= 0.6 is 0 Å². The molecule has 0 unspecified atom stereocenters. The lowest BCUT2D eigenvalue weighted by Gasteiger charge is -2.22. The minimum Gasteiger partial charge on any atom is -0.506 e. The molecule has 0 aliphatic rings. The molecule has 14 nitrogen and oxygen atoms in total. The molecule has 7 N–H and O–H groups in total. The van der Waals surface area contributed by atoms with Crippen LogP contribution in [0.2, 0.25) is 0 Å². The molecule has 2 aromatic heterocycles. The van der Waals surface area contributed by atoms with Crippen molar-refractivity contribution in [3.8, 4) is 11.5 Å². The Kier molecular flexibility index (Phi) is 12.2. The molecular formula is C46H44N6O8S. The third-order valence-corrected chi connectivity index (χ3v) is 12.2. The summed E-state index contributed by atoms with van der Waals surface area (Å²) in [7, 11) is -0.739. The van der Waals surface area contributed by atoms with Gasteiger partial charge in [0.05, 0.1) is 45.3 Å².